The number of rotatable bonds is 8. The number of hydrogen-bond acceptors (Lipinski definition) is 7. The molecule has 3 N–H and O–H groups in total. The molecule has 0 bridgehead atoms. The minimum Gasteiger partial charge on any atom is -0.495 e. The van der Waals surface area contributed by atoms with Gasteiger partial charge in [0.05, 0.1) is 30.2 Å². The number of nitrogens with zero attached hydrogens (tertiary/aromatic N) is 3. The highest BCUT2D eigenvalue weighted by molar-refractivity contribution is 5.70. The lowest BCUT2D eigenvalue weighted by Crippen LogP contribution is -2.47. The SMILES string of the molecule is CCC1(C)NC=C(CNC2CCN(CCN3c4cc(OC)cnc4C=CC3O)CC2)C=C1F. The van der Waals surface area contributed by atoms with Crippen molar-refractivity contribution in [2.24, 2.45) is 0 Å². The van der Waals surface area contributed by atoms with Crippen LogP contribution in [-0.2, 0) is 0 Å². The summed E-state index contributed by atoms with van der Waals surface area (Å²) in [5, 5.41) is 17.3. The monoisotopic (exact) mass is 457 g/mol. The van der Waals surface area contributed by atoms with Crippen molar-refractivity contribution in [1.82, 2.24) is 20.5 Å². The Morgan fingerprint density at radius 2 is 2.12 bits per heavy atom. The molecular weight excluding hydrogens is 421 g/mol. The molecule has 3 aliphatic heterocycles. The van der Waals surface area contributed by atoms with Crippen LogP contribution in [0.1, 0.15) is 38.8 Å². The lowest BCUT2D eigenvalue weighted by molar-refractivity contribution is 0.182. The van der Waals surface area contributed by atoms with Crippen LogP contribution in [0.25, 0.3) is 6.08 Å². The molecule has 0 aromatic carbocycles. The van der Waals surface area contributed by atoms with Gasteiger partial charge < -0.3 is 30.3 Å². The summed E-state index contributed by atoms with van der Waals surface area (Å²) in [5.41, 5.74) is 2.12. The number of likely N-dealkylation sites (tertiary alicyclic amines) is 1. The summed E-state index contributed by atoms with van der Waals surface area (Å²) in [4.78, 5) is 8.84. The van der Waals surface area contributed by atoms with Gasteiger partial charge in [0.1, 0.15) is 17.8 Å². The average Bonchev–Trinajstić information content (AvgIpc) is 2.84. The lowest BCUT2D eigenvalue weighted by Gasteiger charge is -2.37. The largest absolute Gasteiger partial charge is 0.495 e. The van der Waals surface area contributed by atoms with Gasteiger partial charge in [-0.15, -0.1) is 0 Å². The van der Waals surface area contributed by atoms with Crippen molar-refractivity contribution in [3.8, 4) is 5.75 Å². The number of ether oxygens (including phenoxy) is 1. The fourth-order valence-corrected chi connectivity index (χ4v) is 4.52. The zero-order valence-corrected chi connectivity index (χ0v) is 19.9. The number of halogens is 1. The van der Waals surface area contributed by atoms with E-state index in [4.69, 9.17) is 4.74 Å². The van der Waals surface area contributed by atoms with Crippen molar-refractivity contribution < 1.29 is 14.2 Å². The van der Waals surface area contributed by atoms with Crippen LogP contribution in [-0.4, -0.2) is 72.6 Å². The number of aromatic nitrogens is 1. The summed E-state index contributed by atoms with van der Waals surface area (Å²) in [7, 11) is 1.62. The van der Waals surface area contributed by atoms with E-state index in [1.807, 2.05) is 37.1 Å². The Hall–Kier alpha value is -2.42. The Morgan fingerprint density at radius 1 is 1.33 bits per heavy atom. The first kappa shape index (κ1) is 23.7. The standard InChI is InChI=1S/C25H36FN5O2/c1-4-25(2)23(26)13-18(16-29-25)15-27-19-7-9-30(10-8-19)11-12-31-22-14-20(33-3)17-28-21(22)5-6-24(31)32/h5-6,13-14,16-17,19,24,27,29,32H,4,7-12,15H2,1-3H3. The molecule has 180 valence electrons. The first-order valence-electron chi connectivity index (χ1n) is 11.9. The fraction of sp³-hybridized carbons (Fsp3) is 0.560. The Labute approximate surface area is 196 Å². The first-order chi connectivity index (χ1) is 15.9. The topological polar surface area (TPSA) is 72.9 Å². The van der Waals surface area contributed by atoms with Crippen molar-refractivity contribution in [1.29, 1.82) is 0 Å². The third-order valence-electron chi connectivity index (χ3n) is 7.13. The maximum atomic E-state index is 14.4. The Balaban J connectivity index is 1.23. The minimum absolute atomic E-state index is 0.0942. The van der Waals surface area contributed by atoms with Gasteiger partial charge in [-0.25, -0.2) is 4.39 Å². The van der Waals surface area contributed by atoms with E-state index in [-0.39, 0.29) is 5.83 Å². The molecule has 7 nitrogen and oxygen atoms in total. The van der Waals surface area contributed by atoms with Gasteiger partial charge in [-0.3, -0.25) is 4.98 Å². The van der Waals surface area contributed by atoms with Crippen LogP contribution in [0, 0.1) is 0 Å². The summed E-state index contributed by atoms with van der Waals surface area (Å²) in [6.07, 6.45) is 11.1. The zero-order chi connectivity index (χ0) is 23.4. The molecule has 2 atom stereocenters. The summed E-state index contributed by atoms with van der Waals surface area (Å²) >= 11 is 0. The van der Waals surface area contributed by atoms with E-state index < -0.39 is 11.8 Å². The van der Waals surface area contributed by atoms with Crippen LogP contribution < -0.4 is 20.3 Å². The van der Waals surface area contributed by atoms with Gasteiger partial charge in [0.15, 0.2) is 0 Å². The molecule has 2 unspecified atom stereocenters. The van der Waals surface area contributed by atoms with Gasteiger partial charge >= 0.3 is 0 Å². The number of anilines is 1. The van der Waals surface area contributed by atoms with E-state index in [1.54, 1.807) is 25.5 Å². The molecule has 8 heteroatoms. The van der Waals surface area contributed by atoms with Crippen LogP contribution in [0.5, 0.6) is 5.75 Å². The molecular formula is C25H36FN5O2. The van der Waals surface area contributed by atoms with Gasteiger partial charge in [-0.1, -0.05) is 6.92 Å². The molecule has 1 fully saturated rings. The maximum Gasteiger partial charge on any atom is 0.146 e. The highest BCUT2D eigenvalue weighted by Gasteiger charge is 2.29. The van der Waals surface area contributed by atoms with E-state index in [2.05, 4.69) is 20.5 Å². The third kappa shape index (κ3) is 5.39. The second-order valence-electron chi connectivity index (χ2n) is 9.28. The number of aliphatic hydroxyl groups is 1. The van der Waals surface area contributed by atoms with E-state index in [1.165, 1.54) is 0 Å². The smallest absolute Gasteiger partial charge is 0.146 e. The second-order valence-corrected chi connectivity index (χ2v) is 9.28. The van der Waals surface area contributed by atoms with Crippen LogP contribution in [0.2, 0.25) is 0 Å². The van der Waals surface area contributed by atoms with Gasteiger partial charge in [-0.05, 0) is 63.1 Å². The van der Waals surface area contributed by atoms with Gasteiger partial charge in [0.2, 0.25) is 0 Å². The molecule has 3 aliphatic rings. The average molecular weight is 458 g/mol. The predicted molar refractivity (Wildman–Crippen MR) is 130 cm³/mol. The molecule has 1 saturated heterocycles. The van der Waals surface area contributed by atoms with E-state index >= 15 is 0 Å². The summed E-state index contributed by atoms with van der Waals surface area (Å²) in [6, 6.07) is 2.36. The summed E-state index contributed by atoms with van der Waals surface area (Å²) < 4.78 is 19.7. The Bertz CT molecular complexity index is 925. The highest BCUT2D eigenvalue weighted by Crippen LogP contribution is 2.30. The van der Waals surface area contributed by atoms with Crippen LogP contribution in [0.3, 0.4) is 0 Å². The third-order valence-corrected chi connectivity index (χ3v) is 7.13. The van der Waals surface area contributed by atoms with Crippen LogP contribution >= 0.6 is 0 Å². The number of nitrogens with one attached hydrogen (secondary N) is 2. The quantitative estimate of drug-likeness (QED) is 0.554. The Morgan fingerprint density at radius 3 is 2.82 bits per heavy atom. The Kier molecular flexibility index (Phi) is 7.36. The number of piperidine rings is 1. The number of fused-ring (bicyclic) bond motifs is 1. The van der Waals surface area contributed by atoms with E-state index in [0.717, 1.165) is 49.4 Å². The van der Waals surface area contributed by atoms with Gasteiger partial charge in [0.25, 0.3) is 0 Å². The van der Waals surface area contributed by atoms with Gasteiger partial charge in [0, 0.05) is 37.9 Å². The fourth-order valence-electron chi connectivity index (χ4n) is 4.52. The molecule has 4 rings (SSSR count). The molecule has 4 heterocycles. The predicted octanol–water partition coefficient (Wildman–Crippen LogP) is 2.81. The van der Waals surface area contributed by atoms with Crippen LogP contribution in [0.4, 0.5) is 10.1 Å². The second kappa shape index (κ2) is 10.2. The highest BCUT2D eigenvalue weighted by atomic mass is 19.1. The minimum atomic E-state index is -0.661. The maximum absolute atomic E-state index is 14.4. The number of dihydropyridines is 1. The van der Waals surface area contributed by atoms with Crippen molar-refractivity contribution in [3.63, 3.8) is 0 Å². The molecule has 0 saturated carbocycles. The van der Waals surface area contributed by atoms with Crippen molar-refractivity contribution in [3.05, 3.63) is 47.7 Å². The van der Waals surface area contributed by atoms with Crippen molar-refractivity contribution >= 4 is 11.8 Å². The van der Waals surface area contributed by atoms with Crippen LogP contribution in [0.15, 0.2) is 42.0 Å². The molecule has 1 aromatic rings. The molecule has 0 spiro atoms. The summed E-state index contributed by atoms with van der Waals surface area (Å²) in [5.74, 6) is 0.591. The number of pyridine rings is 1. The molecule has 0 aliphatic carbocycles. The lowest BCUT2D eigenvalue weighted by atomic mass is 9.93. The van der Waals surface area contributed by atoms with E-state index in [9.17, 15) is 9.50 Å². The van der Waals surface area contributed by atoms with Crippen molar-refractivity contribution in [2.45, 2.75) is 50.9 Å². The van der Waals surface area contributed by atoms with Gasteiger partial charge in [-0.2, -0.15) is 0 Å². The number of methoxy groups -OCH3 is 1. The zero-order valence-electron chi connectivity index (χ0n) is 19.9. The molecule has 1 aromatic heterocycles. The van der Waals surface area contributed by atoms with Crippen molar-refractivity contribution in [2.75, 3.05) is 44.7 Å². The molecule has 0 amide bonds. The number of hydrogen-bond donors (Lipinski definition) is 3. The normalized spacial score (nSPS) is 25.8. The first-order valence-corrected chi connectivity index (χ1v) is 11.9. The number of aliphatic hydroxyl groups excluding tert-OH is 1. The summed E-state index contributed by atoms with van der Waals surface area (Å²) in [6.45, 7) is 8.12. The molecule has 0 radical (unpaired) electrons. The van der Waals surface area contributed by atoms with E-state index in [0.29, 0.717) is 31.3 Å². The molecule has 33 heavy (non-hydrogen) atoms.